The van der Waals surface area contributed by atoms with Crippen molar-refractivity contribution in [3.05, 3.63) is 0 Å². The molecule has 0 saturated carbocycles. The molecule has 11 heavy (non-hydrogen) atoms. The highest BCUT2D eigenvalue weighted by atomic mass is 35.5. The molecule has 0 radical (unpaired) electrons. The van der Waals surface area contributed by atoms with Crippen LogP contribution in [-0.4, -0.2) is 18.8 Å². The van der Waals surface area contributed by atoms with Gasteiger partial charge in [0.05, 0.1) is 5.60 Å². The van der Waals surface area contributed by atoms with E-state index in [9.17, 15) is 0 Å². The molecule has 0 aromatic heterocycles. The third-order valence-corrected chi connectivity index (χ3v) is 2.13. The van der Waals surface area contributed by atoms with Gasteiger partial charge in [-0.2, -0.15) is 0 Å². The summed E-state index contributed by atoms with van der Waals surface area (Å²) in [6.07, 6.45) is 2.25. The Kier molecular flexibility index (Phi) is 4.37. The summed E-state index contributed by atoms with van der Waals surface area (Å²) < 4.78 is 5.54. The van der Waals surface area contributed by atoms with Gasteiger partial charge >= 0.3 is 0 Å². The lowest BCUT2D eigenvalue weighted by Crippen LogP contribution is -2.36. The molecule has 1 heterocycles. The van der Waals surface area contributed by atoms with Crippen LogP contribution in [0.2, 0.25) is 0 Å². The summed E-state index contributed by atoms with van der Waals surface area (Å²) in [6.45, 7) is 5.96. The van der Waals surface area contributed by atoms with E-state index in [1.807, 2.05) is 0 Å². The smallest absolute Gasteiger partial charge is 0.0629 e. The summed E-state index contributed by atoms with van der Waals surface area (Å²) in [6, 6.07) is 0. The molecule has 0 spiro atoms. The Morgan fingerprint density at radius 1 is 1.55 bits per heavy atom. The maximum Gasteiger partial charge on any atom is 0.0629 e. The number of rotatable bonds is 1. The standard InChI is InChI=1S/C8H17NO.ClH/c1-8(2)5-7(6-9)3-4-10-8;/h7H,3-6,9H2,1-2H3;1H/t7-;/m0./s1. The van der Waals surface area contributed by atoms with Crippen LogP contribution < -0.4 is 5.73 Å². The molecule has 0 amide bonds. The van der Waals surface area contributed by atoms with Crippen molar-refractivity contribution in [3.63, 3.8) is 0 Å². The maximum atomic E-state index is 5.57. The van der Waals surface area contributed by atoms with E-state index in [0.717, 1.165) is 26.0 Å². The van der Waals surface area contributed by atoms with E-state index in [2.05, 4.69) is 13.8 Å². The van der Waals surface area contributed by atoms with Crippen molar-refractivity contribution in [2.45, 2.75) is 32.3 Å². The molecule has 1 saturated heterocycles. The highest BCUT2D eigenvalue weighted by Crippen LogP contribution is 2.27. The number of halogens is 1. The monoisotopic (exact) mass is 179 g/mol. The Morgan fingerprint density at radius 3 is 2.55 bits per heavy atom. The molecule has 2 N–H and O–H groups in total. The third kappa shape index (κ3) is 3.41. The number of nitrogens with two attached hydrogens (primary N) is 1. The molecule has 3 heteroatoms. The molecule has 1 aliphatic heterocycles. The Bertz CT molecular complexity index is 117. The molecule has 0 aliphatic carbocycles. The SMILES string of the molecule is CC1(C)C[C@@H](CN)CCO1.Cl. The van der Waals surface area contributed by atoms with Crippen molar-refractivity contribution in [1.29, 1.82) is 0 Å². The number of hydrogen-bond acceptors (Lipinski definition) is 2. The van der Waals surface area contributed by atoms with Gasteiger partial charge in [-0.05, 0) is 39.2 Å². The van der Waals surface area contributed by atoms with Crippen molar-refractivity contribution >= 4 is 12.4 Å². The minimum atomic E-state index is 0. The summed E-state index contributed by atoms with van der Waals surface area (Å²) in [5.74, 6) is 0.684. The molecule has 0 aromatic rings. The topological polar surface area (TPSA) is 35.2 Å². The first-order valence-corrected chi connectivity index (χ1v) is 3.98. The lowest BCUT2D eigenvalue weighted by Gasteiger charge is -2.34. The molecule has 2 nitrogen and oxygen atoms in total. The summed E-state index contributed by atoms with van der Waals surface area (Å²) in [5.41, 5.74) is 5.64. The zero-order valence-corrected chi connectivity index (χ0v) is 8.12. The van der Waals surface area contributed by atoms with Gasteiger partial charge in [-0.25, -0.2) is 0 Å². The summed E-state index contributed by atoms with van der Waals surface area (Å²) in [4.78, 5) is 0. The average molecular weight is 180 g/mol. The van der Waals surface area contributed by atoms with Gasteiger partial charge in [0, 0.05) is 6.61 Å². The van der Waals surface area contributed by atoms with E-state index < -0.39 is 0 Å². The van der Waals surface area contributed by atoms with Gasteiger partial charge in [0.1, 0.15) is 0 Å². The van der Waals surface area contributed by atoms with E-state index in [0.29, 0.717) is 5.92 Å². The van der Waals surface area contributed by atoms with Crippen molar-refractivity contribution in [3.8, 4) is 0 Å². The van der Waals surface area contributed by atoms with Crippen molar-refractivity contribution in [1.82, 2.24) is 0 Å². The van der Waals surface area contributed by atoms with E-state index in [1.165, 1.54) is 0 Å². The maximum absolute atomic E-state index is 5.57. The first-order chi connectivity index (χ1) is 4.64. The molecule has 68 valence electrons. The summed E-state index contributed by atoms with van der Waals surface area (Å²) in [5, 5.41) is 0. The minimum absolute atomic E-state index is 0. The molecular formula is C8H18ClNO. The van der Waals surface area contributed by atoms with Crippen LogP contribution in [0.4, 0.5) is 0 Å². The van der Waals surface area contributed by atoms with Gasteiger partial charge < -0.3 is 10.5 Å². The van der Waals surface area contributed by atoms with E-state index in [1.54, 1.807) is 0 Å². The van der Waals surface area contributed by atoms with Crippen LogP contribution in [0.5, 0.6) is 0 Å². The van der Waals surface area contributed by atoms with Gasteiger partial charge in [0.25, 0.3) is 0 Å². The van der Waals surface area contributed by atoms with Crippen LogP contribution in [-0.2, 0) is 4.74 Å². The molecule has 1 atom stereocenters. The first kappa shape index (κ1) is 11.2. The largest absolute Gasteiger partial charge is 0.376 e. The minimum Gasteiger partial charge on any atom is -0.376 e. The zero-order chi connectivity index (χ0) is 7.61. The van der Waals surface area contributed by atoms with E-state index >= 15 is 0 Å². The van der Waals surface area contributed by atoms with Crippen LogP contribution in [0.15, 0.2) is 0 Å². The lowest BCUT2D eigenvalue weighted by atomic mass is 9.89. The summed E-state index contributed by atoms with van der Waals surface area (Å²) in [7, 11) is 0. The number of hydrogen-bond donors (Lipinski definition) is 1. The average Bonchev–Trinajstić information content (AvgIpc) is 1.86. The molecule has 1 rings (SSSR count). The van der Waals surface area contributed by atoms with Crippen LogP contribution in [0.1, 0.15) is 26.7 Å². The Balaban J connectivity index is 0.000001000. The Morgan fingerprint density at radius 2 is 2.18 bits per heavy atom. The number of ether oxygens (including phenoxy) is 1. The quantitative estimate of drug-likeness (QED) is 0.664. The Hall–Kier alpha value is 0.210. The fourth-order valence-corrected chi connectivity index (χ4v) is 1.56. The highest BCUT2D eigenvalue weighted by Gasteiger charge is 2.27. The fraction of sp³-hybridized carbons (Fsp3) is 1.00. The van der Waals surface area contributed by atoms with Gasteiger partial charge in [-0.3, -0.25) is 0 Å². The zero-order valence-electron chi connectivity index (χ0n) is 7.30. The summed E-state index contributed by atoms with van der Waals surface area (Å²) >= 11 is 0. The third-order valence-electron chi connectivity index (χ3n) is 2.13. The van der Waals surface area contributed by atoms with Crippen LogP contribution in [0.3, 0.4) is 0 Å². The second-order valence-corrected chi connectivity index (χ2v) is 3.70. The predicted molar refractivity (Wildman–Crippen MR) is 49.1 cm³/mol. The van der Waals surface area contributed by atoms with Crippen LogP contribution in [0, 0.1) is 5.92 Å². The molecule has 0 unspecified atom stereocenters. The van der Waals surface area contributed by atoms with Gasteiger partial charge in [0.15, 0.2) is 0 Å². The van der Waals surface area contributed by atoms with Crippen molar-refractivity contribution in [2.24, 2.45) is 11.7 Å². The molecule has 0 aromatic carbocycles. The first-order valence-electron chi connectivity index (χ1n) is 3.98. The predicted octanol–water partition coefficient (Wildman–Crippen LogP) is 1.57. The van der Waals surface area contributed by atoms with E-state index in [-0.39, 0.29) is 18.0 Å². The lowest BCUT2D eigenvalue weighted by molar-refractivity contribution is -0.0706. The van der Waals surface area contributed by atoms with E-state index in [4.69, 9.17) is 10.5 Å². The molecule has 1 fully saturated rings. The second kappa shape index (κ2) is 4.29. The van der Waals surface area contributed by atoms with Crippen molar-refractivity contribution in [2.75, 3.05) is 13.2 Å². The normalized spacial score (nSPS) is 29.2. The van der Waals surface area contributed by atoms with Crippen LogP contribution >= 0.6 is 12.4 Å². The van der Waals surface area contributed by atoms with Gasteiger partial charge in [0.2, 0.25) is 0 Å². The fourth-order valence-electron chi connectivity index (χ4n) is 1.56. The van der Waals surface area contributed by atoms with Crippen LogP contribution in [0.25, 0.3) is 0 Å². The molecular weight excluding hydrogens is 162 g/mol. The van der Waals surface area contributed by atoms with Gasteiger partial charge in [-0.1, -0.05) is 0 Å². The van der Waals surface area contributed by atoms with Gasteiger partial charge in [-0.15, -0.1) is 12.4 Å². The highest BCUT2D eigenvalue weighted by molar-refractivity contribution is 5.85. The molecule has 0 bridgehead atoms. The van der Waals surface area contributed by atoms with Crippen molar-refractivity contribution < 1.29 is 4.74 Å². The molecule has 1 aliphatic rings. The Labute approximate surface area is 74.9 Å². The second-order valence-electron chi connectivity index (χ2n) is 3.70.